The molecule has 0 amide bonds. The number of aromatic nitrogens is 2. The van der Waals surface area contributed by atoms with Gasteiger partial charge in [-0.05, 0) is 0 Å². The van der Waals surface area contributed by atoms with E-state index in [0.717, 1.165) is 4.57 Å². The number of nitrogens with zero attached hydrogens (tertiary/aromatic N) is 2. The van der Waals surface area contributed by atoms with Gasteiger partial charge in [0.1, 0.15) is 6.10 Å². The van der Waals surface area contributed by atoms with Gasteiger partial charge in [-0.25, -0.2) is 4.79 Å². The molecule has 1 atom stereocenters. The van der Waals surface area contributed by atoms with E-state index in [1.165, 1.54) is 31.8 Å². The Labute approximate surface area is 104 Å². The summed E-state index contributed by atoms with van der Waals surface area (Å²) in [5.74, 6) is -0.488. The molecule has 1 heterocycles. The Morgan fingerprint density at radius 2 is 2.11 bits per heavy atom. The minimum Gasteiger partial charge on any atom is -0.457 e. The van der Waals surface area contributed by atoms with Gasteiger partial charge in [-0.3, -0.25) is 14.2 Å². The van der Waals surface area contributed by atoms with Gasteiger partial charge in [-0.2, -0.15) is 0 Å². The summed E-state index contributed by atoms with van der Waals surface area (Å²) in [6.45, 7) is 4.82. The Kier molecular flexibility index (Phi) is 4.25. The van der Waals surface area contributed by atoms with E-state index in [-0.39, 0.29) is 5.56 Å². The van der Waals surface area contributed by atoms with Crippen molar-refractivity contribution in [3.8, 4) is 0 Å². The second kappa shape index (κ2) is 5.48. The van der Waals surface area contributed by atoms with Crippen LogP contribution in [0.4, 0.5) is 0 Å². The van der Waals surface area contributed by atoms with Crippen molar-refractivity contribution in [1.29, 1.82) is 0 Å². The standard InChI is InChI=1S/C12H16N2O4/c1-5-6-10(18-8(2)15)9-7-13(3)12(17)14(4)11(9)16/h5,7,10H,1,6H2,2-4H3. The molecule has 18 heavy (non-hydrogen) atoms. The number of aryl methyl sites for hydroxylation is 1. The van der Waals surface area contributed by atoms with Crippen LogP contribution >= 0.6 is 0 Å². The highest BCUT2D eigenvalue weighted by Crippen LogP contribution is 2.17. The van der Waals surface area contributed by atoms with Crippen LogP contribution in [0, 0.1) is 0 Å². The molecule has 6 nitrogen and oxygen atoms in total. The zero-order valence-corrected chi connectivity index (χ0v) is 10.7. The maximum absolute atomic E-state index is 12.0. The summed E-state index contributed by atoms with van der Waals surface area (Å²) in [5.41, 5.74) is -0.634. The van der Waals surface area contributed by atoms with E-state index in [2.05, 4.69) is 6.58 Å². The first-order valence-corrected chi connectivity index (χ1v) is 5.43. The highest BCUT2D eigenvalue weighted by molar-refractivity contribution is 5.66. The molecular weight excluding hydrogens is 236 g/mol. The Bertz CT molecular complexity index is 583. The SMILES string of the molecule is C=CCC(OC(C)=O)c1cn(C)c(=O)n(C)c1=O. The van der Waals surface area contributed by atoms with Crippen molar-refractivity contribution in [1.82, 2.24) is 9.13 Å². The maximum Gasteiger partial charge on any atom is 0.330 e. The first-order valence-electron chi connectivity index (χ1n) is 5.43. The summed E-state index contributed by atoms with van der Waals surface area (Å²) in [6, 6.07) is 0. The summed E-state index contributed by atoms with van der Waals surface area (Å²) >= 11 is 0. The van der Waals surface area contributed by atoms with Crippen molar-refractivity contribution >= 4 is 5.97 Å². The summed E-state index contributed by atoms with van der Waals surface area (Å²) in [5, 5.41) is 0. The molecule has 0 saturated heterocycles. The lowest BCUT2D eigenvalue weighted by Gasteiger charge is -2.16. The minimum atomic E-state index is -0.717. The van der Waals surface area contributed by atoms with Crippen molar-refractivity contribution in [3.05, 3.63) is 45.3 Å². The van der Waals surface area contributed by atoms with Crippen LogP contribution in [0.2, 0.25) is 0 Å². The van der Waals surface area contributed by atoms with E-state index in [1.54, 1.807) is 6.08 Å². The average molecular weight is 252 g/mol. The monoisotopic (exact) mass is 252 g/mol. The highest BCUT2D eigenvalue weighted by Gasteiger charge is 2.19. The number of carbonyl (C=O) groups is 1. The second-order valence-electron chi connectivity index (χ2n) is 3.96. The van der Waals surface area contributed by atoms with E-state index in [1.807, 2.05) is 0 Å². The molecule has 1 rings (SSSR count). The number of ether oxygens (including phenoxy) is 1. The van der Waals surface area contributed by atoms with E-state index >= 15 is 0 Å². The van der Waals surface area contributed by atoms with Gasteiger partial charge < -0.3 is 9.30 Å². The van der Waals surface area contributed by atoms with E-state index in [0.29, 0.717) is 6.42 Å². The molecule has 0 aliphatic heterocycles. The van der Waals surface area contributed by atoms with Crippen molar-refractivity contribution in [2.24, 2.45) is 14.1 Å². The van der Waals surface area contributed by atoms with Gasteiger partial charge in [0, 0.05) is 33.6 Å². The maximum atomic E-state index is 12.0. The number of hydrogen-bond donors (Lipinski definition) is 0. The minimum absolute atomic E-state index is 0.259. The molecule has 0 N–H and O–H groups in total. The van der Waals surface area contributed by atoms with Gasteiger partial charge in [0.15, 0.2) is 0 Å². The largest absolute Gasteiger partial charge is 0.457 e. The fourth-order valence-corrected chi connectivity index (χ4v) is 1.65. The van der Waals surface area contributed by atoms with E-state index < -0.39 is 23.3 Å². The topological polar surface area (TPSA) is 70.3 Å². The predicted molar refractivity (Wildman–Crippen MR) is 66.2 cm³/mol. The molecule has 1 unspecified atom stereocenters. The molecule has 0 aliphatic rings. The van der Waals surface area contributed by atoms with Crippen LogP contribution < -0.4 is 11.2 Å². The fourth-order valence-electron chi connectivity index (χ4n) is 1.65. The van der Waals surface area contributed by atoms with Gasteiger partial charge in [-0.15, -0.1) is 6.58 Å². The van der Waals surface area contributed by atoms with Gasteiger partial charge in [0.05, 0.1) is 5.56 Å². The molecule has 0 bridgehead atoms. The Balaban J connectivity index is 3.37. The van der Waals surface area contributed by atoms with Gasteiger partial charge in [-0.1, -0.05) is 6.08 Å². The molecule has 0 spiro atoms. The van der Waals surface area contributed by atoms with Gasteiger partial charge >= 0.3 is 11.7 Å². The van der Waals surface area contributed by atoms with Crippen molar-refractivity contribution in [2.45, 2.75) is 19.4 Å². The summed E-state index contributed by atoms with van der Waals surface area (Å²) in [4.78, 5) is 34.5. The third kappa shape index (κ3) is 2.77. The van der Waals surface area contributed by atoms with Crippen LogP contribution in [0.5, 0.6) is 0 Å². The van der Waals surface area contributed by atoms with E-state index in [9.17, 15) is 14.4 Å². The fraction of sp³-hybridized carbons (Fsp3) is 0.417. The molecule has 1 aromatic heterocycles. The molecule has 98 valence electrons. The number of rotatable bonds is 4. The summed E-state index contributed by atoms with van der Waals surface area (Å²) in [7, 11) is 2.91. The van der Waals surface area contributed by atoms with Gasteiger partial charge in [0.25, 0.3) is 5.56 Å². The molecule has 0 aliphatic carbocycles. The lowest BCUT2D eigenvalue weighted by Crippen LogP contribution is -2.39. The van der Waals surface area contributed by atoms with E-state index in [4.69, 9.17) is 4.74 Å². The zero-order valence-electron chi connectivity index (χ0n) is 10.7. The van der Waals surface area contributed by atoms with Crippen molar-refractivity contribution in [3.63, 3.8) is 0 Å². The molecule has 0 radical (unpaired) electrons. The highest BCUT2D eigenvalue weighted by atomic mass is 16.5. The zero-order chi connectivity index (χ0) is 13.9. The van der Waals surface area contributed by atoms with Crippen molar-refractivity contribution in [2.75, 3.05) is 0 Å². The average Bonchev–Trinajstić information content (AvgIpc) is 2.30. The summed E-state index contributed by atoms with van der Waals surface area (Å²) in [6.07, 6.45) is 2.54. The molecule has 1 aromatic rings. The number of hydrogen-bond acceptors (Lipinski definition) is 4. The number of carbonyl (C=O) groups excluding carboxylic acids is 1. The van der Waals surface area contributed by atoms with Crippen molar-refractivity contribution < 1.29 is 9.53 Å². The van der Waals surface area contributed by atoms with Crippen LogP contribution in [0.15, 0.2) is 28.4 Å². The Morgan fingerprint density at radius 3 is 2.61 bits per heavy atom. The van der Waals surface area contributed by atoms with Crippen LogP contribution in [0.3, 0.4) is 0 Å². The third-order valence-electron chi connectivity index (χ3n) is 2.51. The smallest absolute Gasteiger partial charge is 0.330 e. The molecule has 0 saturated carbocycles. The Hall–Kier alpha value is -2.11. The Morgan fingerprint density at radius 1 is 1.50 bits per heavy atom. The van der Waals surface area contributed by atoms with Crippen LogP contribution in [0.25, 0.3) is 0 Å². The second-order valence-corrected chi connectivity index (χ2v) is 3.96. The molecule has 0 fully saturated rings. The lowest BCUT2D eigenvalue weighted by atomic mass is 10.1. The molecular formula is C12H16N2O4. The van der Waals surface area contributed by atoms with Gasteiger partial charge in [0.2, 0.25) is 0 Å². The lowest BCUT2D eigenvalue weighted by molar-refractivity contribution is -0.146. The number of esters is 1. The molecule has 6 heteroatoms. The normalized spacial score (nSPS) is 11.9. The first kappa shape index (κ1) is 14.0. The van der Waals surface area contributed by atoms with Crippen LogP contribution in [-0.2, 0) is 23.6 Å². The first-order chi connectivity index (χ1) is 8.38. The third-order valence-corrected chi connectivity index (χ3v) is 2.51. The van der Waals surface area contributed by atoms with Crippen LogP contribution in [0.1, 0.15) is 25.0 Å². The molecule has 0 aromatic carbocycles. The van der Waals surface area contributed by atoms with Crippen LogP contribution in [-0.4, -0.2) is 15.1 Å². The summed E-state index contributed by atoms with van der Waals surface area (Å²) < 4.78 is 7.32. The quantitative estimate of drug-likeness (QED) is 0.569. The predicted octanol–water partition coefficient (Wildman–Crippen LogP) is 0.264.